The van der Waals surface area contributed by atoms with Gasteiger partial charge in [-0.05, 0) is 31.2 Å². The predicted molar refractivity (Wildman–Crippen MR) is 93.4 cm³/mol. The van der Waals surface area contributed by atoms with Crippen LogP contribution >= 0.6 is 11.6 Å². The number of amides is 1. The molecular weight excluding hydrogens is 332 g/mol. The molecule has 1 amide bonds. The van der Waals surface area contributed by atoms with Crippen LogP contribution < -0.4 is 10.7 Å². The fourth-order valence-electron chi connectivity index (χ4n) is 1.84. The first-order valence-electron chi connectivity index (χ1n) is 7.03. The van der Waals surface area contributed by atoms with Gasteiger partial charge in [-0.15, -0.1) is 0 Å². The monoisotopic (exact) mass is 346 g/mol. The minimum absolute atomic E-state index is 0.0298. The molecule has 124 valence electrons. The van der Waals surface area contributed by atoms with Crippen molar-refractivity contribution in [3.05, 3.63) is 69.2 Å². The summed E-state index contributed by atoms with van der Waals surface area (Å²) in [5.74, 6) is -0.338. The van der Waals surface area contributed by atoms with E-state index in [0.29, 0.717) is 16.3 Å². The summed E-state index contributed by atoms with van der Waals surface area (Å²) in [5, 5.41) is 18.3. The van der Waals surface area contributed by atoms with Crippen molar-refractivity contribution in [1.82, 2.24) is 5.43 Å². The van der Waals surface area contributed by atoms with Crippen molar-refractivity contribution in [1.29, 1.82) is 0 Å². The van der Waals surface area contributed by atoms with Crippen LogP contribution in [0.15, 0.2) is 53.6 Å². The summed E-state index contributed by atoms with van der Waals surface area (Å²) < 4.78 is 0. The maximum atomic E-state index is 11.8. The van der Waals surface area contributed by atoms with Gasteiger partial charge in [0.05, 0.1) is 17.2 Å². The lowest BCUT2D eigenvalue weighted by Crippen LogP contribution is -2.26. The molecule has 0 aromatic heterocycles. The molecule has 24 heavy (non-hydrogen) atoms. The van der Waals surface area contributed by atoms with Gasteiger partial charge in [0, 0.05) is 28.4 Å². The van der Waals surface area contributed by atoms with Crippen LogP contribution in [0.3, 0.4) is 0 Å². The van der Waals surface area contributed by atoms with Crippen molar-refractivity contribution in [3.63, 3.8) is 0 Å². The summed E-state index contributed by atoms with van der Waals surface area (Å²) in [6, 6.07) is 13.0. The highest BCUT2D eigenvalue weighted by Gasteiger charge is 2.08. The Morgan fingerprint density at radius 3 is 2.62 bits per heavy atom. The van der Waals surface area contributed by atoms with E-state index >= 15 is 0 Å². The number of carbonyl (C=O) groups excluding carboxylic acids is 1. The molecule has 0 spiro atoms. The fourth-order valence-corrected chi connectivity index (χ4v) is 1.97. The lowest BCUT2D eigenvalue weighted by atomic mass is 10.1. The van der Waals surface area contributed by atoms with Gasteiger partial charge in [-0.25, -0.2) is 5.43 Å². The molecule has 0 saturated heterocycles. The van der Waals surface area contributed by atoms with Crippen LogP contribution in [0.5, 0.6) is 0 Å². The van der Waals surface area contributed by atoms with Crippen molar-refractivity contribution >= 4 is 34.6 Å². The SMILES string of the molecule is C/C(=N/NC(=O)CNc1ccc(Cl)cc1)c1cccc([N+](=O)[O-])c1. The van der Waals surface area contributed by atoms with Crippen LogP contribution in [0.4, 0.5) is 11.4 Å². The molecule has 2 N–H and O–H groups in total. The highest BCUT2D eigenvalue weighted by atomic mass is 35.5. The molecule has 0 unspecified atom stereocenters. The molecule has 0 saturated carbocycles. The highest BCUT2D eigenvalue weighted by Crippen LogP contribution is 2.14. The Labute approximate surface area is 143 Å². The molecule has 8 heteroatoms. The first kappa shape index (κ1) is 17.4. The zero-order valence-electron chi connectivity index (χ0n) is 12.8. The van der Waals surface area contributed by atoms with Gasteiger partial charge >= 0.3 is 0 Å². The molecule has 0 bridgehead atoms. The van der Waals surface area contributed by atoms with Crippen LogP contribution in [-0.4, -0.2) is 23.1 Å². The number of nitro groups is 1. The van der Waals surface area contributed by atoms with E-state index in [2.05, 4.69) is 15.8 Å². The Kier molecular flexibility index (Phi) is 5.86. The van der Waals surface area contributed by atoms with E-state index in [1.807, 2.05) is 0 Å². The van der Waals surface area contributed by atoms with E-state index in [1.165, 1.54) is 12.1 Å². The number of hydrazone groups is 1. The van der Waals surface area contributed by atoms with Gasteiger partial charge < -0.3 is 5.32 Å². The standard InChI is InChI=1S/C16H15ClN4O3/c1-11(12-3-2-4-15(9-12)21(23)24)19-20-16(22)10-18-14-7-5-13(17)6-8-14/h2-9,18H,10H2,1H3,(H,20,22)/b19-11-. The van der Waals surface area contributed by atoms with E-state index < -0.39 is 4.92 Å². The number of hydrogen-bond acceptors (Lipinski definition) is 5. The lowest BCUT2D eigenvalue weighted by molar-refractivity contribution is -0.384. The van der Waals surface area contributed by atoms with Gasteiger partial charge in [0.1, 0.15) is 0 Å². The van der Waals surface area contributed by atoms with Crippen LogP contribution in [-0.2, 0) is 4.79 Å². The van der Waals surface area contributed by atoms with E-state index in [-0.39, 0.29) is 18.1 Å². The number of benzene rings is 2. The molecule has 0 aliphatic rings. The maximum Gasteiger partial charge on any atom is 0.270 e. The first-order valence-corrected chi connectivity index (χ1v) is 7.41. The second-order valence-electron chi connectivity index (χ2n) is 4.90. The fraction of sp³-hybridized carbons (Fsp3) is 0.125. The second kappa shape index (κ2) is 8.07. The summed E-state index contributed by atoms with van der Waals surface area (Å²) in [6.45, 7) is 1.69. The first-order chi connectivity index (χ1) is 11.5. The number of halogens is 1. The zero-order valence-corrected chi connectivity index (χ0v) is 13.6. The van der Waals surface area contributed by atoms with Crippen molar-refractivity contribution in [3.8, 4) is 0 Å². The van der Waals surface area contributed by atoms with Crippen LogP contribution in [0.2, 0.25) is 5.02 Å². The molecule has 2 rings (SSSR count). The van der Waals surface area contributed by atoms with Gasteiger partial charge in [-0.1, -0.05) is 23.7 Å². The number of nitro benzene ring substituents is 1. The summed E-state index contributed by atoms with van der Waals surface area (Å²) in [6.07, 6.45) is 0. The predicted octanol–water partition coefficient (Wildman–Crippen LogP) is 3.20. The van der Waals surface area contributed by atoms with Crippen molar-refractivity contribution in [2.45, 2.75) is 6.92 Å². The number of nitrogens with one attached hydrogen (secondary N) is 2. The smallest absolute Gasteiger partial charge is 0.270 e. The Balaban J connectivity index is 1.91. The number of carbonyl (C=O) groups is 1. The third kappa shape index (κ3) is 5.06. The summed E-state index contributed by atoms with van der Waals surface area (Å²) in [5.41, 5.74) is 4.17. The quantitative estimate of drug-likeness (QED) is 0.477. The molecule has 7 nitrogen and oxygen atoms in total. The molecule has 2 aromatic rings. The number of non-ortho nitro benzene ring substituents is 1. The van der Waals surface area contributed by atoms with Gasteiger partial charge in [-0.2, -0.15) is 5.10 Å². The van der Waals surface area contributed by atoms with E-state index in [1.54, 1.807) is 43.3 Å². The number of rotatable bonds is 6. The molecule has 0 heterocycles. The highest BCUT2D eigenvalue weighted by molar-refractivity contribution is 6.30. The average Bonchev–Trinajstić information content (AvgIpc) is 2.59. The van der Waals surface area contributed by atoms with Crippen LogP contribution in [0, 0.1) is 10.1 Å². The number of nitrogens with zero attached hydrogens (tertiary/aromatic N) is 2. The third-order valence-corrected chi connectivity index (χ3v) is 3.37. The molecule has 0 aliphatic heterocycles. The number of anilines is 1. The number of hydrogen-bond donors (Lipinski definition) is 2. The molecular formula is C16H15ClN4O3. The molecule has 0 aliphatic carbocycles. The van der Waals surface area contributed by atoms with Crippen LogP contribution in [0.25, 0.3) is 0 Å². The molecule has 0 atom stereocenters. The summed E-state index contributed by atoms with van der Waals surface area (Å²) in [7, 11) is 0. The topological polar surface area (TPSA) is 96.6 Å². The Morgan fingerprint density at radius 2 is 1.96 bits per heavy atom. The van der Waals surface area contributed by atoms with Gasteiger partial charge in [0.25, 0.3) is 11.6 Å². The molecule has 2 aromatic carbocycles. The van der Waals surface area contributed by atoms with Crippen molar-refractivity contribution < 1.29 is 9.72 Å². The summed E-state index contributed by atoms with van der Waals surface area (Å²) in [4.78, 5) is 22.1. The van der Waals surface area contributed by atoms with Gasteiger partial charge in [0.15, 0.2) is 0 Å². The Hall–Kier alpha value is -2.93. The van der Waals surface area contributed by atoms with Gasteiger partial charge in [0.2, 0.25) is 0 Å². The van der Waals surface area contributed by atoms with E-state index in [4.69, 9.17) is 11.6 Å². The van der Waals surface area contributed by atoms with Crippen molar-refractivity contribution in [2.24, 2.45) is 5.10 Å². The normalized spacial score (nSPS) is 11.0. The van der Waals surface area contributed by atoms with E-state index in [0.717, 1.165) is 5.69 Å². The van der Waals surface area contributed by atoms with Gasteiger partial charge in [-0.3, -0.25) is 14.9 Å². The zero-order chi connectivity index (χ0) is 17.5. The Bertz CT molecular complexity index is 775. The molecule has 0 radical (unpaired) electrons. The maximum absolute atomic E-state index is 11.8. The summed E-state index contributed by atoms with van der Waals surface area (Å²) >= 11 is 5.78. The minimum atomic E-state index is -0.481. The third-order valence-electron chi connectivity index (χ3n) is 3.12. The van der Waals surface area contributed by atoms with Crippen molar-refractivity contribution in [2.75, 3.05) is 11.9 Å². The Morgan fingerprint density at radius 1 is 1.25 bits per heavy atom. The lowest BCUT2D eigenvalue weighted by Gasteiger charge is -2.06. The minimum Gasteiger partial charge on any atom is -0.376 e. The van der Waals surface area contributed by atoms with Crippen LogP contribution in [0.1, 0.15) is 12.5 Å². The average molecular weight is 347 g/mol. The second-order valence-corrected chi connectivity index (χ2v) is 5.34. The largest absolute Gasteiger partial charge is 0.376 e. The van der Waals surface area contributed by atoms with E-state index in [9.17, 15) is 14.9 Å². The molecule has 0 fully saturated rings.